The molecule has 2 aromatic rings. The molecule has 0 heteroatoms. The van der Waals surface area contributed by atoms with Crippen LogP contribution in [0, 0.1) is 55.4 Å². The van der Waals surface area contributed by atoms with E-state index in [0.29, 0.717) is 0 Å². The van der Waals surface area contributed by atoms with Crippen LogP contribution >= 0.6 is 0 Å². The van der Waals surface area contributed by atoms with Gasteiger partial charge in [-0.1, -0.05) is 31.7 Å². The first-order chi connectivity index (χ1) is 9.22. The third kappa shape index (κ3) is 5.38. The maximum Gasteiger partial charge on any atom is -0.0395 e. The molecular formula is C21H32. The predicted octanol–water partition coefficient (Wildman–Crippen LogP) is 6.48. The molecule has 0 atom stereocenters. The van der Waals surface area contributed by atoms with E-state index in [1.165, 1.54) is 44.5 Å². The van der Waals surface area contributed by atoms with Crippen LogP contribution in [-0.2, 0) is 0 Å². The number of benzene rings is 2. The molecule has 0 spiro atoms. The Morgan fingerprint density at radius 2 is 0.429 bits per heavy atom. The summed E-state index contributed by atoms with van der Waals surface area (Å²) in [6, 6.07) is 8.96. The molecule has 0 nitrogen and oxygen atoms in total. The number of rotatable bonds is 0. The molecule has 0 radical (unpaired) electrons. The van der Waals surface area contributed by atoms with Gasteiger partial charge < -0.3 is 0 Å². The molecule has 0 unspecified atom stereocenters. The van der Waals surface area contributed by atoms with Gasteiger partial charge in [-0.3, -0.25) is 0 Å². The van der Waals surface area contributed by atoms with Crippen LogP contribution in [-0.4, -0.2) is 0 Å². The number of hydrogen-bond donors (Lipinski definition) is 0. The Balaban J connectivity index is 0.000000364. The van der Waals surface area contributed by atoms with Gasteiger partial charge in [0.1, 0.15) is 0 Å². The minimum atomic E-state index is 0. The van der Waals surface area contributed by atoms with Gasteiger partial charge in [0.25, 0.3) is 0 Å². The normalized spacial score (nSPS) is 9.52. The van der Waals surface area contributed by atoms with Crippen molar-refractivity contribution in [1.29, 1.82) is 0 Å². The standard InChI is InChI=1S/2C10H14.CH4/c2*1-7-5-9(3)10(4)6-8(7)2;/h2*5-6H,1-4H3;1H4. The molecule has 0 aromatic heterocycles. The molecule has 0 aliphatic rings. The maximum atomic E-state index is 2.24. The zero-order valence-electron chi connectivity index (χ0n) is 14.3. The molecule has 21 heavy (non-hydrogen) atoms. The van der Waals surface area contributed by atoms with Gasteiger partial charge in [-0.2, -0.15) is 0 Å². The van der Waals surface area contributed by atoms with Gasteiger partial charge in [0.15, 0.2) is 0 Å². The fraction of sp³-hybridized carbons (Fsp3) is 0.429. The van der Waals surface area contributed by atoms with Crippen molar-refractivity contribution in [2.75, 3.05) is 0 Å². The molecule has 0 saturated heterocycles. The van der Waals surface area contributed by atoms with Crippen LogP contribution < -0.4 is 0 Å². The lowest BCUT2D eigenvalue weighted by Gasteiger charge is -2.04. The highest BCUT2D eigenvalue weighted by Gasteiger charge is 1.96. The maximum absolute atomic E-state index is 2.24. The Kier molecular flexibility index (Phi) is 7.43. The number of aryl methyl sites for hydroxylation is 8. The molecule has 0 saturated carbocycles. The van der Waals surface area contributed by atoms with Gasteiger partial charge in [0.05, 0.1) is 0 Å². The summed E-state index contributed by atoms with van der Waals surface area (Å²) in [7, 11) is 0. The molecule has 0 bridgehead atoms. The lowest BCUT2D eigenvalue weighted by molar-refractivity contribution is 1.24. The van der Waals surface area contributed by atoms with E-state index in [1.54, 1.807) is 0 Å². The molecule has 0 fully saturated rings. The summed E-state index contributed by atoms with van der Waals surface area (Å²) in [6.45, 7) is 17.2. The van der Waals surface area contributed by atoms with Crippen molar-refractivity contribution < 1.29 is 0 Å². The third-order valence-electron chi connectivity index (χ3n) is 4.22. The van der Waals surface area contributed by atoms with Crippen LogP contribution in [0.15, 0.2) is 24.3 Å². The highest BCUT2D eigenvalue weighted by atomic mass is 14.0. The second-order valence-electron chi connectivity index (χ2n) is 6.04. The molecular weight excluding hydrogens is 252 g/mol. The van der Waals surface area contributed by atoms with Crippen molar-refractivity contribution in [3.8, 4) is 0 Å². The lowest BCUT2D eigenvalue weighted by Crippen LogP contribution is -1.86. The summed E-state index contributed by atoms with van der Waals surface area (Å²) < 4.78 is 0. The second kappa shape index (κ2) is 8.02. The second-order valence-corrected chi connectivity index (χ2v) is 6.04. The molecule has 0 heterocycles. The Morgan fingerprint density at radius 1 is 0.333 bits per heavy atom. The average molecular weight is 284 g/mol. The van der Waals surface area contributed by atoms with Crippen LogP contribution in [0.3, 0.4) is 0 Å². The van der Waals surface area contributed by atoms with Gasteiger partial charge in [-0.25, -0.2) is 0 Å². The van der Waals surface area contributed by atoms with E-state index in [4.69, 9.17) is 0 Å². The Hall–Kier alpha value is -1.56. The topological polar surface area (TPSA) is 0 Å². The smallest absolute Gasteiger partial charge is 0.0395 e. The Morgan fingerprint density at radius 3 is 0.524 bits per heavy atom. The predicted molar refractivity (Wildman–Crippen MR) is 97.5 cm³/mol. The van der Waals surface area contributed by atoms with E-state index in [-0.39, 0.29) is 7.43 Å². The fourth-order valence-corrected chi connectivity index (χ4v) is 2.21. The lowest BCUT2D eigenvalue weighted by atomic mass is 10.0. The fourth-order valence-electron chi connectivity index (χ4n) is 2.21. The van der Waals surface area contributed by atoms with Crippen LogP contribution in [0.1, 0.15) is 51.9 Å². The first kappa shape index (κ1) is 19.4. The minimum Gasteiger partial charge on any atom is -0.0776 e. The Labute approximate surface area is 132 Å². The van der Waals surface area contributed by atoms with E-state index in [2.05, 4.69) is 79.7 Å². The van der Waals surface area contributed by atoms with Gasteiger partial charge in [0, 0.05) is 0 Å². The van der Waals surface area contributed by atoms with E-state index >= 15 is 0 Å². The van der Waals surface area contributed by atoms with E-state index in [1.807, 2.05) is 0 Å². The summed E-state index contributed by atoms with van der Waals surface area (Å²) in [5.74, 6) is 0. The van der Waals surface area contributed by atoms with Crippen LogP contribution in [0.25, 0.3) is 0 Å². The largest absolute Gasteiger partial charge is 0.0776 e. The first-order valence-corrected chi connectivity index (χ1v) is 7.31. The molecule has 0 amide bonds. The van der Waals surface area contributed by atoms with Gasteiger partial charge >= 0.3 is 0 Å². The van der Waals surface area contributed by atoms with Crippen molar-refractivity contribution in [3.63, 3.8) is 0 Å². The quantitative estimate of drug-likeness (QED) is 0.519. The molecule has 0 aliphatic carbocycles. The minimum absolute atomic E-state index is 0. The van der Waals surface area contributed by atoms with Crippen molar-refractivity contribution in [2.24, 2.45) is 0 Å². The summed E-state index contributed by atoms with van der Waals surface area (Å²) in [6.07, 6.45) is 0. The van der Waals surface area contributed by atoms with Crippen molar-refractivity contribution in [3.05, 3.63) is 68.8 Å². The van der Waals surface area contributed by atoms with E-state index in [9.17, 15) is 0 Å². The Bertz CT molecular complexity index is 448. The molecule has 2 rings (SSSR count). The number of hydrogen-bond acceptors (Lipinski definition) is 0. The molecule has 2 aromatic carbocycles. The summed E-state index contributed by atoms with van der Waals surface area (Å²) in [5, 5.41) is 0. The van der Waals surface area contributed by atoms with Crippen LogP contribution in [0.4, 0.5) is 0 Å². The van der Waals surface area contributed by atoms with Crippen LogP contribution in [0.2, 0.25) is 0 Å². The molecule has 116 valence electrons. The van der Waals surface area contributed by atoms with E-state index in [0.717, 1.165) is 0 Å². The van der Waals surface area contributed by atoms with Crippen molar-refractivity contribution in [1.82, 2.24) is 0 Å². The van der Waals surface area contributed by atoms with Crippen molar-refractivity contribution >= 4 is 0 Å². The molecule has 0 aliphatic heterocycles. The van der Waals surface area contributed by atoms with Gasteiger partial charge in [-0.05, 0) is 99.9 Å². The zero-order chi connectivity index (χ0) is 15.4. The highest BCUT2D eigenvalue weighted by molar-refractivity contribution is 5.36. The van der Waals surface area contributed by atoms with Crippen LogP contribution in [0.5, 0.6) is 0 Å². The summed E-state index contributed by atoms with van der Waals surface area (Å²) >= 11 is 0. The van der Waals surface area contributed by atoms with E-state index < -0.39 is 0 Å². The highest BCUT2D eigenvalue weighted by Crippen LogP contribution is 2.14. The summed E-state index contributed by atoms with van der Waals surface area (Å²) in [4.78, 5) is 0. The SMILES string of the molecule is C.Cc1cc(C)c(C)cc1C.Cc1cc(C)c(C)cc1C. The van der Waals surface area contributed by atoms with Crippen molar-refractivity contribution in [2.45, 2.75) is 62.8 Å². The zero-order valence-corrected chi connectivity index (χ0v) is 14.3. The monoisotopic (exact) mass is 284 g/mol. The van der Waals surface area contributed by atoms with Gasteiger partial charge in [0.2, 0.25) is 0 Å². The molecule has 0 N–H and O–H groups in total. The van der Waals surface area contributed by atoms with Gasteiger partial charge in [-0.15, -0.1) is 0 Å². The third-order valence-corrected chi connectivity index (χ3v) is 4.22. The average Bonchev–Trinajstić information content (AvgIpc) is 2.35. The first-order valence-electron chi connectivity index (χ1n) is 7.31. The summed E-state index contributed by atoms with van der Waals surface area (Å²) in [5.41, 5.74) is 11.1.